The van der Waals surface area contributed by atoms with Crippen molar-refractivity contribution in [3.8, 4) is 11.5 Å². The van der Waals surface area contributed by atoms with Crippen LogP contribution < -0.4 is 0 Å². The molecule has 1 aliphatic rings. The zero-order valence-corrected chi connectivity index (χ0v) is 15.7. The van der Waals surface area contributed by atoms with Crippen LogP contribution >= 0.6 is 11.6 Å². The number of carbonyl (C=O) groups excluding carboxylic acids is 1. The second-order valence-corrected chi connectivity index (χ2v) is 6.93. The fourth-order valence-corrected chi connectivity index (χ4v) is 3.54. The molecular formula is C18H23ClN4O3. The summed E-state index contributed by atoms with van der Waals surface area (Å²) in [7, 11) is 0. The maximum absolute atomic E-state index is 10.3. The lowest BCUT2D eigenvalue weighted by molar-refractivity contribution is -0.129. The van der Waals surface area contributed by atoms with E-state index < -0.39 is 0 Å². The largest absolute Gasteiger partial charge is 0.467 e. The summed E-state index contributed by atoms with van der Waals surface area (Å²) in [5.74, 6) is 1.15. The minimum atomic E-state index is 0.0510. The molecule has 1 aliphatic heterocycles. The molecule has 1 fully saturated rings. The average Bonchev–Trinajstić information content (AvgIpc) is 3.12. The number of piperazine rings is 1. The van der Waals surface area contributed by atoms with Gasteiger partial charge in [-0.15, -0.1) is 0 Å². The van der Waals surface area contributed by atoms with Gasteiger partial charge in [0.25, 0.3) is 12.4 Å². The van der Waals surface area contributed by atoms with Crippen molar-refractivity contribution in [3.63, 3.8) is 0 Å². The van der Waals surface area contributed by atoms with E-state index in [1.807, 2.05) is 24.3 Å². The number of carbonyl (C=O) groups is 1. The molecule has 0 saturated carbocycles. The summed E-state index contributed by atoms with van der Waals surface area (Å²) in [4.78, 5) is 19.5. The molecule has 1 aromatic carbocycles. The van der Waals surface area contributed by atoms with E-state index in [0.717, 1.165) is 31.7 Å². The number of hydrogen-bond donors (Lipinski definition) is 0. The molecule has 1 saturated heterocycles. The summed E-state index contributed by atoms with van der Waals surface area (Å²) in [6.45, 7) is 8.67. The quantitative estimate of drug-likeness (QED) is 0.541. The Hall–Kier alpha value is -1.96. The van der Waals surface area contributed by atoms with Crippen LogP contribution in [0.15, 0.2) is 28.8 Å². The van der Waals surface area contributed by atoms with Crippen molar-refractivity contribution >= 4 is 18.1 Å². The molecule has 8 heteroatoms. The van der Waals surface area contributed by atoms with Crippen molar-refractivity contribution in [2.45, 2.75) is 25.9 Å². The van der Waals surface area contributed by atoms with Gasteiger partial charge in [0.05, 0.1) is 6.04 Å². The zero-order valence-electron chi connectivity index (χ0n) is 15.0. The smallest absolute Gasteiger partial charge is 0.293 e. The van der Waals surface area contributed by atoms with Crippen molar-refractivity contribution < 1.29 is 14.1 Å². The normalized spacial score (nSPS) is 20.0. The van der Waals surface area contributed by atoms with Gasteiger partial charge in [-0.2, -0.15) is 4.98 Å². The number of hydrogen-bond acceptors (Lipinski definition) is 7. The fraction of sp³-hybridized carbons (Fsp3) is 0.500. The van der Waals surface area contributed by atoms with Crippen LogP contribution in [0.2, 0.25) is 5.02 Å². The Kier molecular flexibility index (Phi) is 6.24. The molecule has 0 spiro atoms. The fourth-order valence-electron chi connectivity index (χ4n) is 3.35. The Morgan fingerprint density at radius 3 is 3.04 bits per heavy atom. The third-order valence-corrected chi connectivity index (χ3v) is 4.98. The van der Waals surface area contributed by atoms with E-state index in [4.69, 9.17) is 20.9 Å². The van der Waals surface area contributed by atoms with E-state index in [1.165, 1.54) is 0 Å². The van der Waals surface area contributed by atoms with Gasteiger partial charge in [0.15, 0.2) is 5.82 Å². The summed E-state index contributed by atoms with van der Waals surface area (Å²) >= 11 is 6.03. The first-order valence-electron chi connectivity index (χ1n) is 8.71. The van der Waals surface area contributed by atoms with Crippen molar-refractivity contribution in [3.05, 3.63) is 35.1 Å². The van der Waals surface area contributed by atoms with Gasteiger partial charge in [0.2, 0.25) is 0 Å². The van der Waals surface area contributed by atoms with Crippen LogP contribution in [0.4, 0.5) is 0 Å². The Morgan fingerprint density at radius 2 is 2.31 bits per heavy atom. The molecule has 3 rings (SSSR count). The summed E-state index contributed by atoms with van der Waals surface area (Å²) in [6, 6.07) is 7.77. The standard InChI is InChI=1S/C18H23ClN4O3/c1-13-11-22(8-9-25-12-24)6-7-23(13)14(2)17-20-18(26-21-17)15-4-3-5-16(19)10-15/h3-5,10,12-14H,6-9,11H2,1-2H3/t13-,14?/m1/s1. The Bertz CT molecular complexity index is 739. The number of benzene rings is 1. The second kappa shape index (κ2) is 8.62. The topological polar surface area (TPSA) is 71.7 Å². The number of rotatable bonds is 7. The van der Waals surface area contributed by atoms with E-state index in [2.05, 4.69) is 33.8 Å². The summed E-state index contributed by atoms with van der Waals surface area (Å²) in [5, 5.41) is 4.81. The van der Waals surface area contributed by atoms with Crippen LogP contribution in [-0.4, -0.2) is 65.2 Å². The lowest BCUT2D eigenvalue weighted by Gasteiger charge is -2.41. The van der Waals surface area contributed by atoms with Crippen LogP contribution in [0.5, 0.6) is 0 Å². The Morgan fingerprint density at radius 1 is 1.46 bits per heavy atom. The van der Waals surface area contributed by atoms with Gasteiger partial charge in [-0.05, 0) is 32.0 Å². The van der Waals surface area contributed by atoms with Crippen LogP contribution in [0.1, 0.15) is 25.7 Å². The molecular weight excluding hydrogens is 356 g/mol. The molecule has 1 unspecified atom stereocenters. The maximum atomic E-state index is 10.3. The molecule has 7 nitrogen and oxygen atoms in total. The van der Waals surface area contributed by atoms with Crippen molar-refractivity contribution in [2.75, 3.05) is 32.8 Å². The highest BCUT2D eigenvalue weighted by atomic mass is 35.5. The minimum Gasteiger partial charge on any atom is -0.467 e. The highest BCUT2D eigenvalue weighted by Crippen LogP contribution is 2.26. The summed E-state index contributed by atoms with van der Waals surface area (Å²) in [6.07, 6.45) is 0. The Labute approximate surface area is 157 Å². The van der Waals surface area contributed by atoms with E-state index >= 15 is 0 Å². The number of ether oxygens (including phenoxy) is 1. The van der Waals surface area contributed by atoms with Gasteiger partial charge >= 0.3 is 0 Å². The second-order valence-electron chi connectivity index (χ2n) is 6.50. The van der Waals surface area contributed by atoms with E-state index in [9.17, 15) is 4.79 Å². The minimum absolute atomic E-state index is 0.0510. The van der Waals surface area contributed by atoms with Gasteiger partial charge in [-0.1, -0.05) is 22.8 Å². The number of nitrogens with zero attached hydrogens (tertiary/aromatic N) is 4. The molecule has 2 atom stereocenters. The van der Waals surface area contributed by atoms with Gasteiger partial charge in [-0.3, -0.25) is 14.6 Å². The molecule has 1 aromatic heterocycles. The van der Waals surface area contributed by atoms with Crippen LogP contribution in [-0.2, 0) is 9.53 Å². The molecule has 2 aromatic rings. The summed E-state index contributed by atoms with van der Waals surface area (Å²) < 4.78 is 10.2. The predicted octanol–water partition coefficient (Wildman–Crippen LogP) is 2.63. The lowest BCUT2D eigenvalue weighted by Crippen LogP contribution is -2.53. The van der Waals surface area contributed by atoms with Gasteiger partial charge in [0.1, 0.15) is 6.61 Å². The predicted molar refractivity (Wildman–Crippen MR) is 97.8 cm³/mol. The molecule has 140 valence electrons. The molecule has 0 aliphatic carbocycles. The molecule has 0 radical (unpaired) electrons. The number of halogens is 1. The van der Waals surface area contributed by atoms with E-state index in [1.54, 1.807) is 0 Å². The van der Waals surface area contributed by atoms with Crippen LogP contribution in [0.25, 0.3) is 11.5 Å². The molecule has 26 heavy (non-hydrogen) atoms. The summed E-state index contributed by atoms with van der Waals surface area (Å²) in [5.41, 5.74) is 0.816. The van der Waals surface area contributed by atoms with Crippen LogP contribution in [0.3, 0.4) is 0 Å². The van der Waals surface area contributed by atoms with Crippen molar-refractivity contribution in [2.24, 2.45) is 0 Å². The molecule has 0 N–H and O–H groups in total. The van der Waals surface area contributed by atoms with E-state index in [-0.39, 0.29) is 6.04 Å². The molecule has 0 amide bonds. The SMILES string of the molecule is CC(c1noc(-c2cccc(Cl)c2)n1)N1CCN(CCOC=O)C[C@H]1C. The highest BCUT2D eigenvalue weighted by molar-refractivity contribution is 6.30. The highest BCUT2D eigenvalue weighted by Gasteiger charge is 2.30. The first kappa shape index (κ1) is 18.8. The first-order valence-corrected chi connectivity index (χ1v) is 9.09. The van der Waals surface area contributed by atoms with E-state index in [0.29, 0.717) is 35.9 Å². The van der Waals surface area contributed by atoms with Gasteiger partial charge in [0, 0.05) is 42.8 Å². The maximum Gasteiger partial charge on any atom is 0.293 e. The monoisotopic (exact) mass is 378 g/mol. The van der Waals surface area contributed by atoms with Crippen molar-refractivity contribution in [1.82, 2.24) is 19.9 Å². The average molecular weight is 379 g/mol. The third-order valence-electron chi connectivity index (χ3n) is 4.74. The van der Waals surface area contributed by atoms with Gasteiger partial charge < -0.3 is 9.26 Å². The van der Waals surface area contributed by atoms with Crippen molar-refractivity contribution in [1.29, 1.82) is 0 Å². The molecule has 0 bridgehead atoms. The third kappa shape index (κ3) is 4.41. The van der Waals surface area contributed by atoms with Crippen LogP contribution in [0, 0.1) is 0 Å². The molecule has 2 heterocycles. The first-order chi connectivity index (χ1) is 12.6. The lowest BCUT2D eigenvalue weighted by atomic mass is 10.1. The number of aromatic nitrogens is 2. The zero-order chi connectivity index (χ0) is 18.5. The Balaban J connectivity index is 1.63. The van der Waals surface area contributed by atoms with Gasteiger partial charge in [-0.25, -0.2) is 0 Å².